The molecule has 0 saturated carbocycles. The van der Waals surface area contributed by atoms with Crippen LogP contribution in [0.2, 0.25) is 0 Å². The molecule has 0 amide bonds. The average molecular weight is 302 g/mol. The van der Waals surface area contributed by atoms with Crippen LogP contribution in [0.25, 0.3) is 0 Å². The summed E-state index contributed by atoms with van der Waals surface area (Å²) < 4.78 is 25.5. The summed E-state index contributed by atoms with van der Waals surface area (Å²) in [5.41, 5.74) is 3.35. The van der Waals surface area contributed by atoms with Crippen molar-refractivity contribution in [2.75, 3.05) is 29.6 Å². The Labute approximate surface area is 119 Å². The van der Waals surface area contributed by atoms with Gasteiger partial charge in [0.25, 0.3) is 0 Å². The maximum absolute atomic E-state index is 11.5. The zero-order valence-electron chi connectivity index (χ0n) is 12.0. The molecule has 0 aliphatic carbocycles. The van der Waals surface area contributed by atoms with Gasteiger partial charge >= 0.3 is 0 Å². The Hall–Kier alpha value is -1.45. The van der Waals surface area contributed by atoms with E-state index in [4.69, 9.17) is 5.84 Å². The highest BCUT2D eigenvalue weighted by Gasteiger charge is 2.15. The first-order valence-corrected chi connectivity index (χ1v) is 8.09. The van der Waals surface area contributed by atoms with Gasteiger partial charge in [-0.25, -0.2) is 29.0 Å². The maximum Gasteiger partial charge on any atom is 0.213 e. The van der Waals surface area contributed by atoms with Crippen LogP contribution in [-0.4, -0.2) is 37.2 Å². The SMILES string of the molecule is CCNS(=O)(=O)CCNc1ncnc(NN)c1C(C)C. The molecule has 0 saturated heterocycles. The van der Waals surface area contributed by atoms with Crippen LogP contribution in [0.4, 0.5) is 11.6 Å². The lowest BCUT2D eigenvalue weighted by Crippen LogP contribution is -2.29. The Kier molecular flexibility index (Phi) is 6.11. The van der Waals surface area contributed by atoms with Crippen LogP contribution < -0.4 is 21.3 Å². The number of hydrazine groups is 1. The van der Waals surface area contributed by atoms with Gasteiger partial charge in [-0.2, -0.15) is 0 Å². The molecule has 5 N–H and O–H groups in total. The molecule has 0 aliphatic rings. The van der Waals surface area contributed by atoms with Gasteiger partial charge in [0.05, 0.1) is 5.75 Å². The standard InChI is InChI=1S/C11H22N6O2S/c1-4-16-20(18,19)6-5-13-10-9(8(2)3)11(17-12)15-7-14-10/h7-8,16H,4-6,12H2,1-3H3,(H2,13,14,15,17). The highest BCUT2D eigenvalue weighted by Crippen LogP contribution is 2.27. The molecule has 1 aromatic heterocycles. The van der Waals surface area contributed by atoms with Crippen molar-refractivity contribution in [2.45, 2.75) is 26.7 Å². The van der Waals surface area contributed by atoms with Crippen LogP contribution in [0.3, 0.4) is 0 Å². The van der Waals surface area contributed by atoms with Crippen molar-refractivity contribution in [3.8, 4) is 0 Å². The Morgan fingerprint density at radius 3 is 2.50 bits per heavy atom. The summed E-state index contributed by atoms with van der Waals surface area (Å²) in [6.45, 7) is 6.36. The normalized spacial score (nSPS) is 11.7. The minimum Gasteiger partial charge on any atom is -0.369 e. The van der Waals surface area contributed by atoms with E-state index in [-0.39, 0.29) is 18.2 Å². The number of aromatic nitrogens is 2. The highest BCUT2D eigenvalue weighted by molar-refractivity contribution is 7.89. The van der Waals surface area contributed by atoms with E-state index < -0.39 is 10.0 Å². The molecule has 0 radical (unpaired) electrons. The summed E-state index contributed by atoms with van der Waals surface area (Å²) >= 11 is 0. The summed E-state index contributed by atoms with van der Waals surface area (Å²) in [7, 11) is -3.25. The molecule has 9 heteroatoms. The van der Waals surface area contributed by atoms with Crippen molar-refractivity contribution < 1.29 is 8.42 Å². The van der Waals surface area contributed by atoms with Gasteiger partial charge in [-0.1, -0.05) is 20.8 Å². The molecule has 0 fully saturated rings. The van der Waals surface area contributed by atoms with E-state index in [1.54, 1.807) is 6.92 Å². The monoisotopic (exact) mass is 302 g/mol. The van der Waals surface area contributed by atoms with Crippen LogP contribution >= 0.6 is 0 Å². The van der Waals surface area contributed by atoms with Gasteiger partial charge in [-0.3, -0.25) is 0 Å². The predicted octanol–water partition coefficient (Wildman–Crippen LogP) is 0.237. The largest absolute Gasteiger partial charge is 0.369 e. The van der Waals surface area contributed by atoms with Gasteiger partial charge in [0.1, 0.15) is 18.0 Å². The van der Waals surface area contributed by atoms with Gasteiger partial charge in [0.15, 0.2) is 0 Å². The van der Waals surface area contributed by atoms with Crippen molar-refractivity contribution >= 4 is 21.7 Å². The zero-order chi connectivity index (χ0) is 15.2. The van der Waals surface area contributed by atoms with Crippen LogP contribution in [0.15, 0.2) is 6.33 Å². The van der Waals surface area contributed by atoms with E-state index in [1.807, 2.05) is 13.8 Å². The van der Waals surface area contributed by atoms with Crippen molar-refractivity contribution in [1.82, 2.24) is 14.7 Å². The summed E-state index contributed by atoms with van der Waals surface area (Å²) in [5.74, 6) is 6.68. The Morgan fingerprint density at radius 1 is 1.30 bits per heavy atom. The molecule has 0 spiro atoms. The molecule has 1 aromatic rings. The number of sulfonamides is 1. The van der Waals surface area contributed by atoms with Crippen molar-refractivity contribution in [3.05, 3.63) is 11.9 Å². The van der Waals surface area contributed by atoms with E-state index in [0.29, 0.717) is 18.2 Å². The second-order valence-corrected chi connectivity index (χ2v) is 6.45. The van der Waals surface area contributed by atoms with Gasteiger partial charge in [-0.05, 0) is 5.92 Å². The molecule has 0 aromatic carbocycles. The van der Waals surface area contributed by atoms with Gasteiger partial charge < -0.3 is 10.7 Å². The zero-order valence-corrected chi connectivity index (χ0v) is 12.8. The number of anilines is 2. The fraction of sp³-hybridized carbons (Fsp3) is 0.636. The topological polar surface area (TPSA) is 122 Å². The molecule has 0 atom stereocenters. The third-order valence-electron chi connectivity index (χ3n) is 2.63. The minimum atomic E-state index is -3.25. The lowest BCUT2D eigenvalue weighted by Gasteiger charge is -2.16. The second-order valence-electron chi connectivity index (χ2n) is 4.53. The minimum absolute atomic E-state index is 0.0201. The Balaban J connectivity index is 2.78. The lowest BCUT2D eigenvalue weighted by atomic mass is 10.0. The Morgan fingerprint density at radius 2 is 1.95 bits per heavy atom. The number of hydrogen-bond donors (Lipinski definition) is 4. The summed E-state index contributed by atoms with van der Waals surface area (Å²) in [4.78, 5) is 8.19. The van der Waals surface area contributed by atoms with E-state index >= 15 is 0 Å². The van der Waals surface area contributed by atoms with Crippen molar-refractivity contribution in [2.24, 2.45) is 5.84 Å². The number of hydrogen-bond acceptors (Lipinski definition) is 7. The van der Waals surface area contributed by atoms with Gasteiger partial charge in [-0.15, -0.1) is 0 Å². The number of nitrogen functional groups attached to an aromatic ring is 1. The van der Waals surface area contributed by atoms with Crippen molar-refractivity contribution in [3.63, 3.8) is 0 Å². The molecule has 20 heavy (non-hydrogen) atoms. The van der Waals surface area contributed by atoms with Gasteiger partial charge in [0, 0.05) is 18.7 Å². The average Bonchev–Trinajstić information content (AvgIpc) is 2.37. The third kappa shape index (κ3) is 4.58. The molecule has 0 aliphatic heterocycles. The van der Waals surface area contributed by atoms with Crippen LogP contribution in [0.5, 0.6) is 0 Å². The van der Waals surface area contributed by atoms with E-state index in [2.05, 4.69) is 25.4 Å². The lowest BCUT2D eigenvalue weighted by molar-refractivity contribution is 0.584. The fourth-order valence-corrected chi connectivity index (χ4v) is 2.75. The molecule has 0 unspecified atom stereocenters. The van der Waals surface area contributed by atoms with E-state index in [1.165, 1.54) is 6.33 Å². The van der Waals surface area contributed by atoms with E-state index in [9.17, 15) is 8.42 Å². The molecule has 1 heterocycles. The van der Waals surface area contributed by atoms with Gasteiger partial charge in [0.2, 0.25) is 10.0 Å². The Bertz CT molecular complexity index is 532. The van der Waals surface area contributed by atoms with Crippen LogP contribution in [-0.2, 0) is 10.0 Å². The first-order chi connectivity index (χ1) is 9.41. The molecule has 114 valence electrons. The summed E-state index contributed by atoms with van der Waals surface area (Å²) in [5, 5.41) is 3.02. The second kappa shape index (κ2) is 7.36. The number of nitrogens with one attached hydrogen (secondary N) is 3. The smallest absolute Gasteiger partial charge is 0.213 e. The van der Waals surface area contributed by atoms with Crippen LogP contribution in [0, 0.1) is 0 Å². The first kappa shape index (κ1) is 16.6. The van der Waals surface area contributed by atoms with E-state index in [0.717, 1.165) is 5.56 Å². The molecule has 1 rings (SSSR count). The molecule has 0 bridgehead atoms. The number of rotatable bonds is 8. The quantitative estimate of drug-likeness (QED) is 0.400. The molecular weight excluding hydrogens is 280 g/mol. The van der Waals surface area contributed by atoms with Crippen LogP contribution in [0.1, 0.15) is 32.3 Å². The summed E-state index contributed by atoms with van der Waals surface area (Å²) in [6, 6.07) is 0. The first-order valence-electron chi connectivity index (χ1n) is 6.44. The molecule has 8 nitrogen and oxygen atoms in total. The number of nitrogens with zero attached hydrogens (tertiary/aromatic N) is 2. The highest BCUT2D eigenvalue weighted by atomic mass is 32.2. The molecular formula is C11H22N6O2S. The number of nitrogens with two attached hydrogens (primary N) is 1. The van der Waals surface area contributed by atoms with Crippen molar-refractivity contribution in [1.29, 1.82) is 0 Å². The fourth-order valence-electron chi connectivity index (χ4n) is 1.79. The maximum atomic E-state index is 11.5. The third-order valence-corrected chi connectivity index (χ3v) is 4.10. The summed E-state index contributed by atoms with van der Waals surface area (Å²) in [6.07, 6.45) is 1.38. The predicted molar refractivity (Wildman–Crippen MR) is 79.9 cm³/mol.